The van der Waals surface area contributed by atoms with Gasteiger partial charge in [-0.15, -0.1) is 0 Å². The minimum absolute atomic E-state index is 0.132. The summed E-state index contributed by atoms with van der Waals surface area (Å²) in [6, 6.07) is 5.45. The molecule has 1 aliphatic rings. The Bertz CT molecular complexity index is 427. The summed E-state index contributed by atoms with van der Waals surface area (Å²) in [5.41, 5.74) is 3.67. The number of phenols is 1. The fourth-order valence-electron chi connectivity index (χ4n) is 2.06. The van der Waals surface area contributed by atoms with Crippen molar-refractivity contribution in [1.29, 1.82) is 0 Å². The maximum atomic E-state index is 11.4. The van der Waals surface area contributed by atoms with Gasteiger partial charge in [-0.3, -0.25) is 4.79 Å². The fraction of sp³-hybridized carbons (Fsp3) is 0.462. The number of nitrogens with one attached hydrogen (secondary N) is 1. The molecular weight excluding hydrogens is 246 g/mol. The number of hydrogen-bond donors (Lipinski definition) is 3. The number of benzene rings is 1. The molecule has 1 atom stereocenters. The van der Waals surface area contributed by atoms with Gasteiger partial charge < -0.3 is 15.1 Å². The van der Waals surface area contributed by atoms with Gasteiger partial charge in [-0.2, -0.15) is 0 Å². The molecule has 0 radical (unpaired) electrons. The summed E-state index contributed by atoms with van der Waals surface area (Å²) in [6.07, 6.45) is 0. The lowest BCUT2D eigenvalue weighted by atomic mass is 10.1. The molecule has 1 aromatic carbocycles. The number of hydrogen-bond acceptors (Lipinski definition) is 5. The van der Waals surface area contributed by atoms with Gasteiger partial charge in [-0.25, -0.2) is 10.4 Å². The lowest BCUT2D eigenvalue weighted by Gasteiger charge is -2.34. The third-order valence-corrected chi connectivity index (χ3v) is 3.29. The standard InChI is InChI=1S/C13H19N3O3/c1-15-6-8-16(9-7-15)14-12(13(18)19)10-2-4-11(17)5-3-10/h2-5,12,14,17H,6-9H2,1H3,(H,18,19). The zero-order chi connectivity index (χ0) is 13.8. The van der Waals surface area contributed by atoms with Gasteiger partial charge in [0.05, 0.1) is 0 Å². The molecule has 0 aliphatic carbocycles. The number of phenolic OH excluding ortho intramolecular Hbond substituents is 1. The second-order valence-electron chi connectivity index (χ2n) is 4.78. The van der Waals surface area contributed by atoms with Gasteiger partial charge >= 0.3 is 5.97 Å². The van der Waals surface area contributed by atoms with E-state index in [9.17, 15) is 15.0 Å². The summed E-state index contributed by atoms with van der Waals surface area (Å²) in [4.78, 5) is 13.6. The Morgan fingerprint density at radius 2 is 1.79 bits per heavy atom. The number of piperazine rings is 1. The number of carboxylic acids is 1. The van der Waals surface area contributed by atoms with Gasteiger partial charge in [0, 0.05) is 26.2 Å². The zero-order valence-corrected chi connectivity index (χ0v) is 10.9. The molecule has 0 saturated carbocycles. The van der Waals surface area contributed by atoms with E-state index in [1.165, 1.54) is 12.1 Å². The number of aliphatic carboxylic acids is 1. The van der Waals surface area contributed by atoms with E-state index < -0.39 is 12.0 Å². The minimum atomic E-state index is -0.926. The summed E-state index contributed by atoms with van der Waals surface area (Å²) in [5, 5.41) is 20.5. The predicted molar refractivity (Wildman–Crippen MR) is 70.7 cm³/mol. The molecule has 0 amide bonds. The van der Waals surface area contributed by atoms with Crippen LogP contribution < -0.4 is 5.43 Å². The number of carboxylic acid groups (broad SMARTS) is 1. The Morgan fingerprint density at radius 1 is 1.21 bits per heavy atom. The number of aromatic hydroxyl groups is 1. The van der Waals surface area contributed by atoms with Crippen molar-refractivity contribution >= 4 is 5.97 Å². The Labute approximate surface area is 112 Å². The quantitative estimate of drug-likeness (QED) is 0.725. The van der Waals surface area contributed by atoms with E-state index in [0.717, 1.165) is 26.2 Å². The molecule has 3 N–H and O–H groups in total. The summed E-state index contributed by atoms with van der Waals surface area (Å²) < 4.78 is 0. The van der Waals surface area contributed by atoms with E-state index >= 15 is 0 Å². The molecule has 6 heteroatoms. The van der Waals surface area contributed by atoms with Crippen LogP contribution in [0.5, 0.6) is 5.75 Å². The maximum Gasteiger partial charge on any atom is 0.326 e. The van der Waals surface area contributed by atoms with Crippen LogP contribution in [0.3, 0.4) is 0 Å². The van der Waals surface area contributed by atoms with Crippen molar-refractivity contribution < 1.29 is 15.0 Å². The molecule has 1 aliphatic heterocycles. The molecule has 0 spiro atoms. The first kappa shape index (κ1) is 13.8. The van der Waals surface area contributed by atoms with Crippen molar-refractivity contribution in [1.82, 2.24) is 15.3 Å². The summed E-state index contributed by atoms with van der Waals surface area (Å²) in [7, 11) is 2.05. The molecule has 1 fully saturated rings. The van der Waals surface area contributed by atoms with Crippen molar-refractivity contribution in [3.05, 3.63) is 29.8 Å². The summed E-state index contributed by atoms with van der Waals surface area (Å²) in [5.74, 6) is -0.794. The Balaban J connectivity index is 2.04. The van der Waals surface area contributed by atoms with E-state index in [1.807, 2.05) is 12.1 Å². The van der Waals surface area contributed by atoms with E-state index in [2.05, 4.69) is 10.3 Å². The maximum absolute atomic E-state index is 11.4. The molecule has 1 saturated heterocycles. The SMILES string of the molecule is CN1CCN(NC(C(=O)O)c2ccc(O)cc2)CC1. The van der Waals surface area contributed by atoms with Crippen molar-refractivity contribution in [3.8, 4) is 5.75 Å². The van der Waals surface area contributed by atoms with Crippen LogP contribution >= 0.6 is 0 Å². The van der Waals surface area contributed by atoms with Gasteiger partial charge in [0.1, 0.15) is 11.8 Å². The first-order chi connectivity index (χ1) is 9.06. The van der Waals surface area contributed by atoms with E-state index in [0.29, 0.717) is 5.56 Å². The molecule has 6 nitrogen and oxygen atoms in total. The molecule has 1 unspecified atom stereocenters. The Hall–Kier alpha value is -1.63. The molecular formula is C13H19N3O3. The van der Waals surface area contributed by atoms with Crippen molar-refractivity contribution in [3.63, 3.8) is 0 Å². The van der Waals surface area contributed by atoms with Gasteiger partial charge in [-0.1, -0.05) is 12.1 Å². The van der Waals surface area contributed by atoms with Gasteiger partial charge in [0.25, 0.3) is 0 Å². The number of hydrazine groups is 1. The van der Waals surface area contributed by atoms with Crippen LogP contribution in [0.1, 0.15) is 11.6 Å². The highest BCUT2D eigenvalue weighted by Crippen LogP contribution is 2.18. The lowest BCUT2D eigenvalue weighted by molar-refractivity contribution is -0.141. The van der Waals surface area contributed by atoms with Gasteiger partial charge in [-0.05, 0) is 24.7 Å². The monoisotopic (exact) mass is 265 g/mol. The van der Waals surface area contributed by atoms with E-state index in [1.54, 1.807) is 12.1 Å². The fourth-order valence-corrected chi connectivity index (χ4v) is 2.06. The van der Waals surface area contributed by atoms with Crippen LogP contribution in [0.4, 0.5) is 0 Å². The number of likely N-dealkylation sites (N-methyl/N-ethyl adjacent to an activating group) is 1. The van der Waals surface area contributed by atoms with Crippen LogP contribution in [0, 0.1) is 0 Å². The highest BCUT2D eigenvalue weighted by Gasteiger charge is 2.24. The molecule has 0 aromatic heterocycles. The zero-order valence-electron chi connectivity index (χ0n) is 10.9. The van der Waals surface area contributed by atoms with Crippen LogP contribution in [-0.4, -0.2) is 59.3 Å². The molecule has 1 aromatic rings. The summed E-state index contributed by atoms with van der Waals surface area (Å²) in [6.45, 7) is 3.40. The smallest absolute Gasteiger partial charge is 0.326 e. The van der Waals surface area contributed by atoms with E-state index in [4.69, 9.17) is 0 Å². The van der Waals surface area contributed by atoms with Crippen LogP contribution in [-0.2, 0) is 4.79 Å². The summed E-state index contributed by atoms with van der Waals surface area (Å²) >= 11 is 0. The molecule has 104 valence electrons. The predicted octanol–water partition coefficient (Wildman–Crippen LogP) is 0.270. The number of nitrogens with zero attached hydrogens (tertiary/aromatic N) is 2. The molecule has 0 bridgehead atoms. The molecule has 19 heavy (non-hydrogen) atoms. The largest absolute Gasteiger partial charge is 0.508 e. The lowest BCUT2D eigenvalue weighted by Crippen LogP contribution is -2.52. The van der Waals surface area contributed by atoms with Gasteiger partial charge in [0.15, 0.2) is 0 Å². The number of rotatable bonds is 4. The van der Waals surface area contributed by atoms with Gasteiger partial charge in [0.2, 0.25) is 0 Å². The molecule has 1 heterocycles. The average molecular weight is 265 g/mol. The van der Waals surface area contributed by atoms with Crippen LogP contribution in [0.25, 0.3) is 0 Å². The average Bonchev–Trinajstić information content (AvgIpc) is 2.39. The van der Waals surface area contributed by atoms with Crippen molar-refractivity contribution in [2.24, 2.45) is 0 Å². The topological polar surface area (TPSA) is 76.0 Å². The Kier molecular flexibility index (Phi) is 4.36. The first-order valence-corrected chi connectivity index (χ1v) is 6.27. The third kappa shape index (κ3) is 3.66. The minimum Gasteiger partial charge on any atom is -0.508 e. The third-order valence-electron chi connectivity index (χ3n) is 3.29. The second-order valence-corrected chi connectivity index (χ2v) is 4.78. The van der Waals surface area contributed by atoms with E-state index in [-0.39, 0.29) is 5.75 Å². The Morgan fingerprint density at radius 3 is 2.32 bits per heavy atom. The highest BCUT2D eigenvalue weighted by atomic mass is 16.4. The first-order valence-electron chi connectivity index (χ1n) is 6.27. The molecule has 2 rings (SSSR count). The van der Waals surface area contributed by atoms with Crippen molar-refractivity contribution in [2.75, 3.05) is 33.2 Å². The van der Waals surface area contributed by atoms with Crippen LogP contribution in [0.2, 0.25) is 0 Å². The highest BCUT2D eigenvalue weighted by molar-refractivity contribution is 5.75. The van der Waals surface area contributed by atoms with Crippen LogP contribution in [0.15, 0.2) is 24.3 Å². The second kappa shape index (κ2) is 6.01. The normalized spacial score (nSPS) is 19.2. The van der Waals surface area contributed by atoms with Crippen molar-refractivity contribution in [2.45, 2.75) is 6.04 Å². The number of carbonyl (C=O) groups is 1.